The lowest BCUT2D eigenvalue weighted by molar-refractivity contribution is 0.0930. The van der Waals surface area contributed by atoms with Crippen LogP contribution >= 0.6 is 11.3 Å². The number of amides is 1. The second-order valence-corrected chi connectivity index (χ2v) is 6.90. The molecular weight excluding hydrogens is 284 g/mol. The zero-order valence-corrected chi connectivity index (χ0v) is 12.8. The predicted octanol–water partition coefficient (Wildman–Crippen LogP) is 3.71. The third-order valence-corrected chi connectivity index (χ3v) is 5.74. The van der Waals surface area contributed by atoms with Crippen molar-refractivity contribution in [2.75, 3.05) is 5.32 Å². The van der Waals surface area contributed by atoms with Gasteiger partial charge in [0.05, 0.1) is 11.8 Å². The lowest BCUT2D eigenvalue weighted by Gasteiger charge is -2.25. The van der Waals surface area contributed by atoms with Crippen LogP contribution in [0, 0.1) is 5.92 Å². The molecule has 21 heavy (non-hydrogen) atoms. The summed E-state index contributed by atoms with van der Waals surface area (Å²) in [5, 5.41) is 7.41. The van der Waals surface area contributed by atoms with Crippen molar-refractivity contribution < 1.29 is 9.21 Å². The van der Waals surface area contributed by atoms with Crippen LogP contribution in [0.5, 0.6) is 0 Å². The fourth-order valence-electron chi connectivity index (χ4n) is 3.31. The minimum atomic E-state index is -0.262. The molecule has 0 spiro atoms. The molecule has 4 rings (SSSR count). The van der Waals surface area contributed by atoms with Crippen LogP contribution in [0.3, 0.4) is 0 Å². The van der Waals surface area contributed by atoms with Gasteiger partial charge in [0.2, 0.25) is 0 Å². The Morgan fingerprint density at radius 3 is 3.10 bits per heavy atom. The van der Waals surface area contributed by atoms with E-state index in [0.29, 0.717) is 0 Å². The van der Waals surface area contributed by atoms with Crippen LogP contribution in [0.4, 0.5) is 5.00 Å². The molecule has 2 atom stereocenters. The molecule has 4 nitrogen and oxygen atoms in total. The van der Waals surface area contributed by atoms with Crippen LogP contribution < -0.4 is 10.6 Å². The number of carbonyl (C=O) groups excluding carboxylic acids is 1. The fourth-order valence-corrected chi connectivity index (χ4v) is 4.70. The zero-order chi connectivity index (χ0) is 14.4. The molecule has 0 saturated heterocycles. The van der Waals surface area contributed by atoms with Crippen molar-refractivity contribution in [1.82, 2.24) is 5.32 Å². The van der Waals surface area contributed by atoms with E-state index in [-0.39, 0.29) is 12.1 Å². The molecule has 2 aliphatic rings. The predicted molar refractivity (Wildman–Crippen MR) is 82.7 cm³/mol. The minimum absolute atomic E-state index is 0.0256. The molecule has 2 aromatic rings. The number of furan rings is 1. The summed E-state index contributed by atoms with van der Waals surface area (Å²) in [6.07, 6.45) is 5.92. The molecule has 0 aromatic carbocycles. The maximum atomic E-state index is 12.5. The number of nitrogens with one attached hydrogen (secondary N) is 2. The van der Waals surface area contributed by atoms with Crippen LogP contribution in [0.2, 0.25) is 0 Å². The number of hydrogen-bond acceptors (Lipinski definition) is 4. The highest BCUT2D eigenvalue weighted by Crippen LogP contribution is 2.43. The van der Waals surface area contributed by atoms with Crippen LogP contribution in [0.1, 0.15) is 52.5 Å². The van der Waals surface area contributed by atoms with Crippen molar-refractivity contribution in [3.63, 3.8) is 0 Å². The van der Waals surface area contributed by atoms with Gasteiger partial charge < -0.3 is 15.1 Å². The van der Waals surface area contributed by atoms with Crippen molar-refractivity contribution in [2.24, 2.45) is 5.92 Å². The Morgan fingerprint density at radius 2 is 2.33 bits per heavy atom. The van der Waals surface area contributed by atoms with E-state index >= 15 is 0 Å². The van der Waals surface area contributed by atoms with E-state index in [1.54, 1.807) is 17.6 Å². The van der Waals surface area contributed by atoms with Gasteiger partial charge >= 0.3 is 0 Å². The van der Waals surface area contributed by atoms with E-state index in [4.69, 9.17) is 4.42 Å². The number of fused-ring (bicyclic) bond motifs is 3. The second-order valence-electron chi connectivity index (χ2n) is 5.79. The Balaban J connectivity index is 1.69. The Bertz CT molecular complexity index is 675. The topological polar surface area (TPSA) is 54.3 Å². The zero-order valence-electron chi connectivity index (χ0n) is 11.9. The molecule has 0 radical (unpaired) electrons. The summed E-state index contributed by atoms with van der Waals surface area (Å²) in [6, 6.07) is 3.72. The third kappa shape index (κ3) is 2.07. The van der Waals surface area contributed by atoms with Gasteiger partial charge in [-0.3, -0.25) is 4.79 Å². The van der Waals surface area contributed by atoms with E-state index in [1.807, 2.05) is 12.1 Å². The molecule has 0 unspecified atom stereocenters. The van der Waals surface area contributed by atoms with Gasteiger partial charge in [-0.15, -0.1) is 11.3 Å². The molecule has 110 valence electrons. The van der Waals surface area contributed by atoms with Crippen LogP contribution in [0.15, 0.2) is 22.8 Å². The molecule has 1 aliphatic carbocycles. The summed E-state index contributed by atoms with van der Waals surface area (Å²) >= 11 is 1.75. The fraction of sp³-hybridized carbons (Fsp3) is 0.438. The van der Waals surface area contributed by atoms with Gasteiger partial charge in [-0.2, -0.15) is 0 Å². The van der Waals surface area contributed by atoms with Crippen molar-refractivity contribution in [3.05, 3.63) is 40.2 Å². The summed E-state index contributed by atoms with van der Waals surface area (Å²) in [5.74, 6) is 1.53. The normalized spacial score (nSPS) is 24.0. The van der Waals surface area contributed by atoms with Gasteiger partial charge in [0.1, 0.15) is 10.8 Å². The van der Waals surface area contributed by atoms with Crippen molar-refractivity contribution in [3.8, 4) is 0 Å². The van der Waals surface area contributed by atoms with Crippen molar-refractivity contribution in [2.45, 2.75) is 38.8 Å². The Morgan fingerprint density at radius 1 is 1.43 bits per heavy atom. The number of anilines is 1. The summed E-state index contributed by atoms with van der Waals surface area (Å²) in [7, 11) is 0. The molecule has 5 heteroatoms. The van der Waals surface area contributed by atoms with Crippen LogP contribution in [-0.2, 0) is 12.8 Å². The minimum Gasteiger partial charge on any atom is -0.465 e. The maximum absolute atomic E-state index is 12.5. The Hall–Kier alpha value is -1.75. The lowest BCUT2D eigenvalue weighted by Crippen LogP contribution is -2.38. The molecular formula is C16H18N2O2S. The van der Waals surface area contributed by atoms with Crippen LogP contribution in [-0.4, -0.2) is 5.91 Å². The van der Waals surface area contributed by atoms with Gasteiger partial charge in [-0.25, -0.2) is 0 Å². The van der Waals surface area contributed by atoms with E-state index in [1.165, 1.54) is 23.3 Å². The van der Waals surface area contributed by atoms with E-state index in [0.717, 1.165) is 35.1 Å². The quantitative estimate of drug-likeness (QED) is 0.889. The number of hydrogen-bond donors (Lipinski definition) is 2. The van der Waals surface area contributed by atoms with E-state index < -0.39 is 0 Å². The lowest BCUT2D eigenvalue weighted by atomic mass is 9.85. The van der Waals surface area contributed by atoms with E-state index in [9.17, 15) is 4.79 Å². The SMILES string of the molecule is CC[C@H]1CCc2c(sc3c2C(=O)N[C@@H](c2ccco2)N3)C1. The first-order valence-corrected chi connectivity index (χ1v) is 8.33. The molecule has 2 N–H and O–H groups in total. The number of rotatable bonds is 2. The molecule has 1 aliphatic heterocycles. The highest BCUT2D eigenvalue weighted by atomic mass is 32.1. The first-order valence-electron chi connectivity index (χ1n) is 7.51. The summed E-state index contributed by atoms with van der Waals surface area (Å²) in [6.45, 7) is 2.25. The second kappa shape index (κ2) is 4.91. The molecule has 2 aromatic heterocycles. The monoisotopic (exact) mass is 302 g/mol. The molecule has 3 heterocycles. The van der Waals surface area contributed by atoms with Gasteiger partial charge in [0, 0.05) is 4.88 Å². The highest BCUT2D eigenvalue weighted by Gasteiger charge is 2.34. The average molecular weight is 302 g/mol. The Labute approximate surface area is 127 Å². The molecule has 0 fully saturated rings. The van der Waals surface area contributed by atoms with Crippen molar-refractivity contribution >= 4 is 22.2 Å². The molecule has 0 saturated carbocycles. The Kier molecular flexibility index (Phi) is 3.03. The summed E-state index contributed by atoms with van der Waals surface area (Å²) in [4.78, 5) is 13.9. The number of thiophene rings is 1. The number of carbonyl (C=O) groups is 1. The smallest absolute Gasteiger partial charge is 0.256 e. The van der Waals surface area contributed by atoms with Crippen LogP contribution in [0.25, 0.3) is 0 Å². The van der Waals surface area contributed by atoms with Gasteiger partial charge in [-0.1, -0.05) is 13.3 Å². The summed E-state index contributed by atoms with van der Waals surface area (Å²) in [5.41, 5.74) is 2.13. The van der Waals surface area contributed by atoms with Gasteiger partial charge in [-0.05, 0) is 42.9 Å². The summed E-state index contributed by atoms with van der Waals surface area (Å²) < 4.78 is 5.40. The van der Waals surface area contributed by atoms with Gasteiger partial charge in [0.15, 0.2) is 6.17 Å². The average Bonchev–Trinajstić information content (AvgIpc) is 3.13. The largest absolute Gasteiger partial charge is 0.465 e. The van der Waals surface area contributed by atoms with Crippen molar-refractivity contribution in [1.29, 1.82) is 0 Å². The molecule has 0 bridgehead atoms. The maximum Gasteiger partial charge on any atom is 0.256 e. The first-order chi connectivity index (χ1) is 10.3. The van der Waals surface area contributed by atoms with Gasteiger partial charge in [0.25, 0.3) is 5.91 Å². The third-order valence-electron chi connectivity index (χ3n) is 4.55. The first kappa shape index (κ1) is 13.0. The molecule has 1 amide bonds. The standard InChI is InChI=1S/C16H18N2O2S/c1-2-9-5-6-10-12(8-9)21-16-13(10)15(19)17-14(18-16)11-4-3-7-20-11/h3-4,7,9,14,18H,2,5-6,8H2,1H3,(H,17,19)/t9-,14+/m0/s1. The highest BCUT2D eigenvalue weighted by molar-refractivity contribution is 7.16. The van der Waals surface area contributed by atoms with E-state index in [2.05, 4.69) is 17.6 Å².